The fourth-order valence-corrected chi connectivity index (χ4v) is 3.58. The quantitative estimate of drug-likeness (QED) is 0.876. The lowest BCUT2D eigenvalue weighted by atomic mass is 9.80. The molecule has 1 heterocycles. The summed E-state index contributed by atoms with van der Waals surface area (Å²) in [5.41, 5.74) is 6.35. The second-order valence-corrected chi connectivity index (χ2v) is 6.84. The number of halogens is 1. The molecule has 120 valence electrons. The van der Waals surface area contributed by atoms with Crippen LogP contribution in [0.4, 0.5) is 0 Å². The van der Waals surface area contributed by atoms with Crippen molar-refractivity contribution in [2.45, 2.75) is 44.8 Å². The molecule has 5 heteroatoms. The number of likely N-dealkylation sites (tertiary alicyclic amines) is 1. The van der Waals surface area contributed by atoms with Gasteiger partial charge in [0.15, 0.2) is 0 Å². The zero-order chi connectivity index (χ0) is 15.5. The summed E-state index contributed by atoms with van der Waals surface area (Å²) in [6.07, 6.45) is 4.94. The van der Waals surface area contributed by atoms with Crippen molar-refractivity contribution in [3.63, 3.8) is 0 Å². The highest BCUT2D eigenvalue weighted by molar-refractivity contribution is 6.32. The normalized spacial score (nSPS) is 25.0. The van der Waals surface area contributed by atoms with Crippen molar-refractivity contribution >= 4 is 17.5 Å². The third kappa shape index (κ3) is 3.73. The molecular weight excluding hydrogens is 300 g/mol. The molecule has 0 aromatic heterocycles. The summed E-state index contributed by atoms with van der Waals surface area (Å²) in [7, 11) is 0. The van der Waals surface area contributed by atoms with Gasteiger partial charge in [-0.25, -0.2) is 0 Å². The van der Waals surface area contributed by atoms with Gasteiger partial charge in [-0.15, -0.1) is 0 Å². The molecule has 0 spiro atoms. The summed E-state index contributed by atoms with van der Waals surface area (Å²) in [5.74, 6) is 0.907. The molecule has 1 amide bonds. The lowest BCUT2D eigenvalue weighted by Gasteiger charge is -2.35. The number of carbonyl (C=O) groups is 1. The largest absolute Gasteiger partial charge is 0.489 e. The molecule has 0 bridgehead atoms. The molecule has 1 aliphatic heterocycles. The molecule has 2 fully saturated rings. The van der Waals surface area contributed by atoms with Crippen molar-refractivity contribution in [1.29, 1.82) is 0 Å². The van der Waals surface area contributed by atoms with Crippen molar-refractivity contribution < 1.29 is 9.53 Å². The van der Waals surface area contributed by atoms with Crippen LogP contribution in [0.5, 0.6) is 5.75 Å². The van der Waals surface area contributed by atoms with Gasteiger partial charge < -0.3 is 10.5 Å². The van der Waals surface area contributed by atoms with Gasteiger partial charge >= 0.3 is 0 Å². The number of benzene rings is 1. The van der Waals surface area contributed by atoms with Gasteiger partial charge in [-0.2, -0.15) is 0 Å². The molecule has 1 aromatic rings. The van der Waals surface area contributed by atoms with Crippen LogP contribution in [-0.4, -0.2) is 30.0 Å². The minimum Gasteiger partial charge on any atom is -0.489 e. The zero-order valence-corrected chi connectivity index (χ0v) is 13.5. The van der Waals surface area contributed by atoms with Crippen LogP contribution in [0, 0.1) is 5.92 Å². The minimum absolute atomic E-state index is 0.156. The summed E-state index contributed by atoms with van der Waals surface area (Å²) in [5, 5.41) is 0.729. The van der Waals surface area contributed by atoms with Gasteiger partial charge in [0.2, 0.25) is 5.91 Å². The molecular formula is C17H23ClN2O2. The number of rotatable bonds is 6. The second-order valence-electron chi connectivity index (χ2n) is 6.46. The molecule has 1 saturated carbocycles. The van der Waals surface area contributed by atoms with E-state index in [0.29, 0.717) is 12.3 Å². The van der Waals surface area contributed by atoms with E-state index < -0.39 is 0 Å². The van der Waals surface area contributed by atoms with Crippen molar-refractivity contribution in [2.75, 3.05) is 13.1 Å². The van der Waals surface area contributed by atoms with Gasteiger partial charge in [-0.3, -0.25) is 9.69 Å². The maximum atomic E-state index is 10.9. The van der Waals surface area contributed by atoms with Gasteiger partial charge in [0.1, 0.15) is 5.75 Å². The number of primary amides is 1. The molecule has 3 rings (SSSR count). The van der Waals surface area contributed by atoms with Crippen LogP contribution in [0.25, 0.3) is 0 Å². The van der Waals surface area contributed by atoms with Crippen molar-refractivity contribution in [2.24, 2.45) is 11.7 Å². The molecule has 0 atom stereocenters. The number of hydrogen-bond acceptors (Lipinski definition) is 3. The van der Waals surface area contributed by atoms with E-state index >= 15 is 0 Å². The maximum absolute atomic E-state index is 10.9. The number of amides is 1. The Hall–Kier alpha value is -1.26. The average Bonchev–Trinajstić information content (AvgIpc) is 2.93. The Morgan fingerprint density at radius 1 is 1.32 bits per heavy atom. The van der Waals surface area contributed by atoms with Crippen LogP contribution in [0.15, 0.2) is 18.2 Å². The second kappa shape index (κ2) is 6.88. The first kappa shape index (κ1) is 15.6. The molecule has 2 N–H and O–H groups in total. The maximum Gasteiger partial charge on any atom is 0.217 e. The van der Waals surface area contributed by atoms with Gasteiger partial charge in [-0.05, 0) is 56.3 Å². The Morgan fingerprint density at radius 3 is 2.73 bits per heavy atom. The van der Waals surface area contributed by atoms with Crippen LogP contribution in [0.3, 0.4) is 0 Å². The zero-order valence-electron chi connectivity index (χ0n) is 12.8. The highest BCUT2D eigenvalue weighted by atomic mass is 35.5. The van der Waals surface area contributed by atoms with Gasteiger partial charge in [-0.1, -0.05) is 23.7 Å². The topological polar surface area (TPSA) is 55.6 Å². The number of carbonyl (C=O) groups excluding carboxylic acids is 1. The van der Waals surface area contributed by atoms with Crippen LogP contribution < -0.4 is 10.5 Å². The Kier molecular flexibility index (Phi) is 4.89. The van der Waals surface area contributed by atoms with E-state index in [1.807, 2.05) is 12.1 Å². The van der Waals surface area contributed by atoms with Crippen molar-refractivity contribution in [1.82, 2.24) is 4.90 Å². The summed E-state index contributed by atoms with van der Waals surface area (Å²) in [6, 6.07) is 6.01. The SMILES string of the molecule is NC(=O)CC1CC(Oc2cccc(CN3CCCC3)c2Cl)C1. The summed E-state index contributed by atoms with van der Waals surface area (Å²) < 4.78 is 6.00. The predicted molar refractivity (Wildman–Crippen MR) is 86.9 cm³/mol. The van der Waals surface area contributed by atoms with Gasteiger partial charge in [0.05, 0.1) is 11.1 Å². The number of nitrogens with zero attached hydrogens (tertiary/aromatic N) is 1. The van der Waals surface area contributed by atoms with E-state index in [-0.39, 0.29) is 12.0 Å². The van der Waals surface area contributed by atoms with E-state index in [4.69, 9.17) is 22.1 Å². The minimum atomic E-state index is -0.228. The van der Waals surface area contributed by atoms with Crippen LogP contribution in [0.2, 0.25) is 5.02 Å². The average molecular weight is 323 g/mol. The molecule has 1 saturated heterocycles. The summed E-state index contributed by atoms with van der Waals surface area (Å²) in [6.45, 7) is 3.20. The molecule has 2 aliphatic rings. The van der Waals surface area contributed by atoms with Gasteiger partial charge in [0.25, 0.3) is 0 Å². The molecule has 1 aliphatic carbocycles. The molecule has 0 radical (unpaired) electrons. The Labute approximate surface area is 136 Å². The van der Waals surface area contributed by atoms with E-state index in [1.165, 1.54) is 12.8 Å². The monoisotopic (exact) mass is 322 g/mol. The highest BCUT2D eigenvalue weighted by Crippen LogP contribution is 2.37. The van der Waals surface area contributed by atoms with Crippen LogP contribution in [-0.2, 0) is 11.3 Å². The van der Waals surface area contributed by atoms with Crippen molar-refractivity contribution in [3.8, 4) is 5.75 Å². The van der Waals surface area contributed by atoms with Crippen LogP contribution in [0.1, 0.15) is 37.7 Å². The van der Waals surface area contributed by atoms with Crippen LogP contribution >= 0.6 is 11.6 Å². The molecule has 4 nitrogen and oxygen atoms in total. The van der Waals surface area contributed by atoms with E-state index in [2.05, 4.69) is 11.0 Å². The number of ether oxygens (including phenoxy) is 1. The third-order valence-electron chi connectivity index (χ3n) is 4.61. The standard InChI is InChI=1S/C17H23ClN2O2/c18-17-13(11-20-6-1-2-7-20)4-3-5-15(17)22-14-8-12(9-14)10-16(19)21/h3-5,12,14H,1-2,6-11H2,(H2,19,21). The van der Waals surface area contributed by atoms with Crippen molar-refractivity contribution in [3.05, 3.63) is 28.8 Å². The first-order chi connectivity index (χ1) is 10.6. The third-order valence-corrected chi connectivity index (χ3v) is 5.04. The lowest BCUT2D eigenvalue weighted by molar-refractivity contribution is -0.120. The number of hydrogen-bond donors (Lipinski definition) is 1. The molecule has 0 unspecified atom stereocenters. The first-order valence-corrected chi connectivity index (χ1v) is 8.44. The summed E-state index contributed by atoms with van der Waals surface area (Å²) in [4.78, 5) is 13.3. The fraction of sp³-hybridized carbons (Fsp3) is 0.588. The highest BCUT2D eigenvalue weighted by Gasteiger charge is 2.32. The fourth-order valence-electron chi connectivity index (χ4n) is 3.35. The van der Waals surface area contributed by atoms with Gasteiger partial charge in [0, 0.05) is 13.0 Å². The Morgan fingerprint density at radius 2 is 2.05 bits per heavy atom. The lowest BCUT2D eigenvalue weighted by Crippen LogP contribution is -2.36. The first-order valence-electron chi connectivity index (χ1n) is 8.06. The number of nitrogens with two attached hydrogens (primary N) is 1. The van der Waals surface area contributed by atoms with E-state index in [1.54, 1.807) is 0 Å². The predicted octanol–water partition coefficient (Wildman–Crippen LogP) is 2.97. The molecule has 1 aromatic carbocycles. The Balaban J connectivity index is 1.56. The molecule has 22 heavy (non-hydrogen) atoms. The smallest absolute Gasteiger partial charge is 0.217 e. The Bertz CT molecular complexity index is 537. The van der Waals surface area contributed by atoms with E-state index in [9.17, 15) is 4.79 Å². The van der Waals surface area contributed by atoms with E-state index in [0.717, 1.165) is 48.8 Å². The summed E-state index contributed by atoms with van der Waals surface area (Å²) >= 11 is 6.51.